The van der Waals surface area contributed by atoms with Gasteiger partial charge >= 0.3 is 0 Å². The van der Waals surface area contributed by atoms with Gasteiger partial charge in [-0.2, -0.15) is 0 Å². The Balaban J connectivity index is 1.42. The summed E-state index contributed by atoms with van der Waals surface area (Å²) in [4.78, 5) is 9.25. The SMILES string of the molecule is CCCCCCOc1ccc(-c2ncc(CC[C@H]3CC[C@H](CCC)CC3)cn2)cc1. The highest BCUT2D eigenvalue weighted by Crippen LogP contribution is 2.33. The molecule has 0 unspecified atom stereocenters. The molecular formula is C27H40N2O. The molecule has 1 saturated carbocycles. The average Bonchev–Trinajstić information content (AvgIpc) is 2.79. The van der Waals surface area contributed by atoms with Gasteiger partial charge in [-0.1, -0.05) is 71.6 Å². The van der Waals surface area contributed by atoms with E-state index in [-0.39, 0.29) is 0 Å². The molecule has 0 N–H and O–H groups in total. The van der Waals surface area contributed by atoms with Crippen LogP contribution in [0.25, 0.3) is 11.4 Å². The number of hydrogen-bond acceptors (Lipinski definition) is 3. The number of nitrogens with zero attached hydrogens (tertiary/aromatic N) is 2. The van der Waals surface area contributed by atoms with Gasteiger partial charge in [0.15, 0.2) is 5.82 Å². The lowest BCUT2D eigenvalue weighted by Gasteiger charge is -2.28. The number of aromatic nitrogens is 2. The largest absolute Gasteiger partial charge is 0.494 e. The van der Waals surface area contributed by atoms with Crippen molar-refractivity contribution in [2.45, 2.75) is 90.9 Å². The molecule has 0 spiro atoms. The zero-order valence-corrected chi connectivity index (χ0v) is 19.1. The molecule has 0 saturated heterocycles. The second-order valence-corrected chi connectivity index (χ2v) is 9.06. The van der Waals surface area contributed by atoms with Gasteiger partial charge in [0, 0.05) is 18.0 Å². The highest BCUT2D eigenvalue weighted by Gasteiger charge is 2.20. The van der Waals surface area contributed by atoms with Crippen molar-refractivity contribution < 1.29 is 4.74 Å². The number of unbranched alkanes of at least 4 members (excludes halogenated alkanes) is 3. The Hall–Kier alpha value is -1.90. The van der Waals surface area contributed by atoms with Crippen LogP contribution in [-0.2, 0) is 6.42 Å². The molecule has 0 aliphatic heterocycles. The van der Waals surface area contributed by atoms with Crippen LogP contribution >= 0.6 is 0 Å². The molecule has 0 bridgehead atoms. The van der Waals surface area contributed by atoms with Crippen LogP contribution in [0.2, 0.25) is 0 Å². The zero-order valence-electron chi connectivity index (χ0n) is 19.1. The summed E-state index contributed by atoms with van der Waals surface area (Å²) in [5.74, 6) is 3.62. The van der Waals surface area contributed by atoms with E-state index in [1.54, 1.807) is 0 Å². The zero-order chi connectivity index (χ0) is 21.0. The first kappa shape index (κ1) is 22.8. The fourth-order valence-electron chi connectivity index (χ4n) is 4.64. The van der Waals surface area contributed by atoms with Crippen LogP contribution in [0.1, 0.15) is 90.0 Å². The van der Waals surface area contributed by atoms with Gasteiger partial charge in [0.25, 0.3) is 0 Å². The van der Waals surface area contributed by atoms with Gasteiger partial charge in [-0.15, -0.1) is 0 Å². The van der Waals surface area contributed by atoms with Gasteiger partial charge in [-0.25, -0.2) is 9.97 Å². The summed E-state index contributed by atoms with van der Waals surface area (Å²) in [5.41, 5.74) is 2.32. The third kappa shape index (κ3) is 7.41. The molecule has 0 atom stereocenters. The third-order valence-corrected chi connectivity index (χ3v) is 6.59. The first-order chi connectivity index (χ1) is 14.8. The molecule has 1 aliphatic rings. The van der Waals surface area contributed by atoms with Gasteiger partial charge in [0.1, 0.15) is 5.75 Å². The summed E-state index contributed by atoms with van der Waals surface area (Å²) >= 11 is 0. The minimum absolute atomic E-state index is 0.796. The molecule has 1 aromatic heterocycles. The fourth-order valence-corrected chi connectivity index (χ4v) is 4.64. The molecule has 164 valence electrons. The molecule has 3 nitrogen and oxygen atoms in total. The minimum Gasteiger partial charge on any atom is -0.494 e. The highest BCUT2D eigenvalue weighted by atomic mass is 16.5. The topological polar surface area (TPSA) is 35.0 Å². The molecule has 3 rings (SSSR count). The number of benzene rings is 1. The summed E-state index contributed by atoms with van der Waals surface area (Å²) in [6.45, 7) is 5.34. The first-order valence-corrected chi connectivity index (χ1v) is 12.3. The smallest absolute Gasteiger partial charge is 0.159 e. The summed E-state index contributed by atoms with van der Waals surface area (Å²) in [7, 11) is 0. The lowest BCUT2D eigenvalue weighted by Crippen LogP contribution is -2.15. The Morgan fingerprint density at radius 3 is 2.10 bits per heavy atom. The van der Waals surface area contributed by atoms with E-state index in [0.29, 0.717) is 0 Å². The number of hydrogen-bond donors (Lipinski definition) is 0. The lowest BCUT2D eigenvalue weighted by atomic mass is 9.78. The predicted octanol–water partition coefficient (Wildman–Crippen LogP) is 7.64. The van der Waals surface area contributed by atoms with E-state index in [1.807, 2.05) is 24.5 Å². The van der Waals surface area contributed by atoms with Gasteiger partial charge in [-0.05, 0) is 60.9 Å². The van der Waals surface area contributed by atoms with Crippen molar-refractivity contribution in [3.05, 3.63) is 42.2 Å². The average molecular weight is 409 g/mol. The van der Waals surface area contributed by atoms with Crippen molar-refractivity contribution in [1.82, 2.24) is 9.97 Å². The maximum absolute atomic E-state index is 5.83. The summed E-state index contributed by atoms with van der Waals surface area (Å²) in [6.07, 6.45) is 19.8. The van der Waals surface area contributed by atoms with Crippen molar-refractivity contribution in [3.63, 3.8) is 0 Å². The Morgan fingerprint density at radius 2 is 1.47 bits per heavy atom. The van der Waals surface area contributed by atoms with Crippen molar-refractivity contribution in [2.75, 3.05) is 6.61 Å². The van der Waals surface area contributed by atoms with E-state index in [4.69, 9.17) is 4.74 Å². The molecule has 1 aliphatic carbocycles. The molecular weight excluding hydrogens is 368 g/mol. The Bertz CT molecular complexity index is 703. The molecule has 1 aromatic carbocycles. The van der Waals surface area contributed by atoms with Crippen molar-refractivity contribution in [1.29, 1.82) is 0 Å². The van der Waals surface area contributed by atoms with Crippen molar-refractivity contribution >= 4 is 0 Å². The summed E-state index contributed by atoms with van der Waals surface area (Å²) in [6, 6.07) is 8.18. The molecule has 0 amide bonds. The minimum atomic E-state index is 0.796. The van der Waals surface area contributed by atoms with Gasteiger partial charge in [0.2, 0.25) is 0 Å². The maximum Gasteiger partial charge on any atom is 0.159 e. The van der Waals surface area contributed by atoms with Crippen LogP contribution < -0.4 is 4.74 Å². The van der Waals surface area contributed by atoms with E-state index in [0.717, 1.165) is 48.4 Å². The summed E-state index contributed by atoms with van der Waals surface area (Å²) < 4.78 is 5.83. The van der Waals surface area contributed by atoms with Crippen molar-refractivity contribution in [3.8, 4) is 17.1 Å². The Kier molecular flexibility index (Phi) is 9.66. The van der Waals surface area contributed by atoms with Crippen LogP contribution in [0.15, 0.2) is 36.7 Å². The van der Waals surface area contributed by atoms with Crippen LogP contribution in [0.5, 0.6) is 5.75 Å². The normalized spacial score (nSPS) is 19.0. The van der Waals surface area contributed by atoms with Crippen LogP contribution in [0.4, 0.5) is 0 Å². The Labute approximate surface area is 183 Å². The number of ether oxygens (including phenoxy) is 1. The van der Waals surface area contributed by atoms with E-state index in [1.165, 1.54) is 69.8 Å². The fraction of sp³-hybridized carbons (Fsp3) is 0.630. The standard InChI is InChI=1S/C27H40N2O/c1-3-5-6-7-19-30-26-17-15-25(16-18-26)27-28-20-24(21-29-27)14-13-23-11-9-22(8-4-2)10-12-23/h15-18,20-23H,3-14,19H2,1-2H3/t22-,23-. The van der Waals surface area contributed by atoms with Crippen LogP contribution in [0, 0.1) is 11.8 Å². The molecule has 1 heterocycles. The van der Waals surface area contributed by atoms with Crippen LogP contribution in [-0.4, -0.2) is 16.6 Å². The summed E-state index contributed by atoms with van der Waals surface area (Å²) in [5, 5.41) is 0. The molecule has 2 aromatic rings. The number of rotatable bonds is 12. The monoisotopic (exact) mass is 408 g/mol. The lowest BCUT2D eigenvalue weighted by molar-refractivity contribution is 0.252. The second kappa shape index (κ2) is 12.7. The molecule has 3 heteroatoms. The van der Waals surface area contributed by atoms with Gasteiger partial charge in [-0.3, -0.25) is 0 Å². The van der Waals surface area contributed by atoms with Crippen molar-refractivity contribution in [2.24, 2.45) is 11.8 Å². The van der Waals surface area contributed by atoms with E-state index in [9.17, 15) is 0 Å². The molecule has 0 radical (unpaired) electrons. The maximum atomic E-state index is 5.83. The first-order valence-electron chi connectivity index (χ1n) is 12.3. The third-order valence-electron chi connectivity index (χ3n) is 6.59. The van der Waals surface area contributed by atoms with Gasteiger partial charge in [0.05, 0.1) is 6.61 Å². The van der Waals surface area contributed by atoms with Crippen LogP contribution in [0.3, 0.4) is 0 Å². The van der Waals surface area contributed by atoms with E-state index in [2.05, 4.69) is 35.9 Å². The highest BCUT2D eigenvalue weighted by molar-refractivity contribution is 5.55. The second-order valence-electron chi connectivity index (χ2n) is 9.06. The number of aryl methyl sites for hydroxylation is 1. The predicted molar refractivity (Wildman–Crippen MR) is 126 cm³/mol. The van der Waals surface area contributed by atoms with E-state index >= 15 is 0 Å². The molecule has 30 heavy (non-hydrogen) atoms. The Morgan fingerprint density at radius 1 is 0.800 bits per heavy atom. The van der Waals surface area contributed by atoms with Gasteiger partial charge < -0.3 is 4.74 Å². The quantitative estimate of drug-likeness (QED) is 0.338. The van der Waals surface area contributed by atoms with E-state index < -0.39 is 0 Å². The molecule has 1 fully saturated rings.